The Morgan fingerprint density at radius 2 is 1.69 bits per heavy atom. The summed E-state index contributed by atoms with van der Waals surface area (Å²) in [5.41, 5.74) is 3.35. The van der Waals surface area contributed by atoms with Crippen LogP contribution < -0.4 is 5.32 Å². The molecule has 29 heavy (non-hydrogen) atoms. The van der Waals surface area contributed by atoms with Crippen molar-refractivity contribution in [3.8, 4) is 0 Å². The number of nitrogens with one attached hydrogen (secondary N) is 1. The molecule has 1 fully saturated rings. The van der Waals surface area contributed by atoms with Gasteiger partial charge in [-0.05, 0) is 31.4 Å². The van der Waals surface area contributed by atoms with Gasteiger partial charge in [0.2, 0.25) is 5.91 Å². The lowest BCUT2D eigenvalue weighted by atomic mass is 10.0. The quantitative estimate of drug-likeness (QED) is 0.854. The fraction of sp³-hybridized carbons (Fsp3) is 0.333. The smallest absolute Gasteiger partial charge is 0.259 e. The molecule has 0 aliphatic carbocycles. The number of amides is 2. The third-order valence-corrected chi connectivity index (χ3v) is 5.93. The number of nitrogens with zero attached hydrogens (tertiary/aromatic N) is 2. The maximum Gasteiger partial charge on any atom is 0.259 e. The molecule has 4 rings (SSSR count). The van der Waals surface area contributed by atoms with Gasteiger partial charge in [0.1, 0.15) is 6.04 Å². The van der Waals surface area contributed by atoms with Gasteiger partial charge in [-0.1, -0.05) is 55.1 Å². The Morgan fingerprint density at radius 1 is 1.07 bits per heavy atom. The van der Waals surface area contributed by atoms with E-state index < -0.39 is 6.04 Å². The number of benzene rings is 2. The van der Waals surface area contributed by atoms with E-state index in [0.717, 1.165) is 38.0 Å². The van der Waals surface area contributed by atoms with Crippen LogP contribution in [0.25, 0.3) is 5.70 Å². The van der Waals surface area contributed by atoms with Crippen molar-refractivity contribution in [3.63, 3.8) is 0 Å². The normalized spacial score (nSPS) is 18.6. The molecule has 0 unspecified atom stereocenters. The SMILES string of the molecule is C=C1c2ccccc2C(=O)N1[C@H](C)C(=O)NC1CCN(Cc2ccccc2)CC1. The predicted molar refractivity (Wildman–Crippen MR) is 114 cm³/mol. The zero-order valence-corrected chi connectivity index (χ0v) is 16.8. The number of hydrogen-bond acceptors (Lipinski definition) is 3. The van der Waals surface area contributed by atoms with E-state index in [9.17, 15) is 9.59 Å². The minimum atomic E-state index is -0.579. The second kappa shape index (κ2) is 8.21. The van der Waals surface area contributed by atoms with Gasteiger partial charge in [-0.25, -0.2) is 0 Å². The first-order valence-electron chi connectivity index (χ1n) is 10.2. The summed E-state index contributed by atoms with van der Waals surface area (Å²) >= 11 is 0. The van der Waals surface area contributed by atoms with Gasteiger partial charge in [0.15, 0.2) is 0 Å². The molecule has 5 heteroatoms. The van der Waals surface area contributed by atoms with Crippen LogP contribution in [0, 0.1) is 0 Å². The molecule has 150 valence electrons. The molecule has 5 nitrogen and oxygen atoms in total. The van der Waals surface area contributed by atoms with E-state index >= 15 is 0 Å². The van der Waals surface area contributed by atoms with E-state index in [0.29, 0.717) is 11.3 Å². The highest BCUT2D eigenvalue weighted by atomic mass is 16.2. The van der Waals surface area contributed by atoms with Crippen molar-refractivity contribution in [1.29, 1.82) is 0 Å². The van der Waals surface area contributed by atoms with Gasteiger partial charge < -0.3 is 5.32 Å². The van der Waals surface area contributed by atoms with Gasteiger partial charge in [0.05, 0.1) is 0 Å². The highest BCUT2D eigenvalue weighted by Gasteiger charge is 2.37. The monoisotopic (exact) mass is 389 g/mol. The van der Waals surface area contributed by atoms with Crippen LogP contribution in [-0.4, -0.2) is 46.8 Å². The van der Waals surface area contributed by atoms with E-state index in [1.165, 1.54) is 10.5 Å². The van der Waals surface area contributed by atoms with Crippen LogP contribution >= 0.6 is 0 Å². The summed E-state index contributed by atoms with van der Waals surface area (Å²) in [6.07, 6.45) is 1.83. The minimum Gasteiger partial charge on any atom is -0.351 e. The van der Waals surface area contributed by atoms with Crippen LogP contribution in [0.15, 0.2) is 61.2 Å². The lowest BCUT2D eigenvalue weighted by Gasteiger charge is -2.33. The number of fused-ring (bicyclic) bond motifs is 1. The molecule has 1 atom stereocenters. The Kier molecular flexibility index (Phi) is 5.49. The van der Waals surface area contributed by atoms with Gasteiger partial charge in [-0.15, -0.1) is 0 Å². The molecule has 2 heterocycles. The maximum absolute atomic E-state index is 12.9. The molecule has 2 aliphatic rings. The van der Waals surface area contributed by atoms with Gasteiger partial charge in [0, 0.05) is 42.5 Å². The number of piperidine rings is 1. The van der Waals surface area contributed by atoms with Crippen LogP contribution in [0.3, 0.4) is 0 Å². The molecule has 2 amide bonds. The zero-order valence-electron chi connectivity index (χ0n) is 16.8. The van der Waals surface area contributed by atoms with Crippen LogP contribution in [0.5, 0.6) is 0 Å². The van der Waals surface area contributed by atoms with Gasteiger partial charge in [0.25, 0.3) is 5.91 Å². The van der Waals surface area contributed by atoms with E-state index in [4.69, 9.17) is 0 Å². The Labute approximate surface area is 172 Å². The third-order valence-electron chi connectivity index (χ3n) is 5.93. The van der Waals surface area contributed by atoms with E-state index in [2.05, 4.69) is 41.1 Å². The number of rotatable bonds is 5. The average molecular weight is 389 g/mol. The largest absolute Gasteiger partial charge is 0.351 e. The summed E-state index contributed by atoms with van der Waals surface area (Å²) < 4.78 is 0. The summed E-state index contributed by atoms with van der Waals surface area (Å²) in [5.74, 6) is -0.264. The second-order valence-electron chi connectivity index (χ2n) is 7.89. The molecule has 1 saturated heterocycles. The molecule has 0 bridgehead atoms. The van der Waals surface area contributed by atoms with Gasteiger partial charge in [-0.3, -0.25) is 19.4 Å². The average Bonchev–Trinajstić information content (AvgIpc) is 3.00. The molecule has 0 aromatic heterocycles. The van der Waals surface area contributed by atoms with Crippen molar-refractivity contribution in [2.24, 2.45) is 0 Å². The summed E-state index contributed by atoms with van der Waals surface area (Å²) in [6.45, 7) is 8.67. The van der Waals surface area contributed by atoms with E-state index in [-0.39, 0.29) is 17.9 Å². The van der Waals surface area contributed by atoms with Gasteiger partial charge in [-0.2, -0.15) is 0 Å². The van der Waals surface area contributed by atoms with Crippen molar-refractivity contribution in [3.05, 3.63) is 77.9 Å². The van der Waals surface area contributed by atoms with E-state index in [1.807, 2.05) is 24.3 Å². The fourth-order valence-corrected chi connectivity index (χ4v) is 4.23. The number of hydrogen-bond donors (Lipinski definition) is 1. The molecular weight excluding hydrogens is 362 g/mol. The topological polar surface area (TPSA) is 52.7 Å². The predicted octanol–water partition coefficient (Wildman–Crippen LogP) is 3.28. The highest BCUT2D eigenvalue weighted by Crippen LogP contribution is 2.33. The number of likely N-dealkylation sites (tertiary alicyclic amines) is 1. The lowest BCUT2D eigenvalue weighted by Crippen LogP contribution is -2.50. The van der Waals surface area contributed by atoms with Crippen molar-refractivity contribution in [2.75, 3.05) is 13.1 Å². The lowest BCUT2D eigenvalue weighted by molar-refractivity contribution is -0.125. The van der Waals surface area contributed by atoms with Crippen LogP contribution in [-0.2, 0) is 11.3 Å². The van der Waals surface area contributed by atoms with Crippen molar-refractivity contribution >= 4 is 17.5 Å². The maximum atomic E-state index is 12.9. The first kappa shape index (κ1) is 19.4. The fourth-order valence-electron chi connectivity index (χ4n) is 4.23. The van der Waals surface area contributed by atoms with Crippen LogP contribution in [0.2, 0.25) is 0 Å². The van der Waals surface area contributed by atoms with Crippen molar-refractivity contribution in [1.82, 2.24) is 15.1 Å². The Hall–Kier alpha value is -2.92. The molecule has 1 N–H and O–H groups in total. The summed E-state index contributed by atoms with van der Waals surface area (Å²) in [7, 11) is 0. The van der Waals surface area contributed by atoms with Gasteiger partial charge >= 0.3 is 0 Å². The molecule has 2 aromatic carbocycles. The zero-order chi connectivity index (χ0) is 20.4. The first-order chi connectivity index (χ1) is 14.0. The summed E-state index contributed by atoms with van der Waals surface area (Å²) in [4.78, 5) is 29.5. The Morgan fingerprint density at radius 3 is 2.34 bits per heavy atom. The highest BCUT2D eigenvalue weighted by molar-refractivity contribution is 6.10. The standard InChI is InChI=1S/C24H27N3O2/c1-17-21-10-6-7-11-22(21)24(29)27(17)18(2)23(28)25-20-12-14-26(15-13-20)16-19-8-4-3-5-9-19/h3-11,18,20H,1,12-16H2,2H3,(H,25,28)/t18-/m1/s1. The summed E-state index contributed by atoms with van der Waals surface area (Å²) in [6, 6.07) is 17.4. The van der Waals surface area contributed by atoms with Crippen molar-refractivity contribution < 1.29 is 9.59 Å². The summed E-state index contributed by atoms with van der Waals surface area (Å²) in [5, 5.41) is 3.15. The first-order valence-corrected chi connectivity index (χ1v) is 10.2. The molecule has 0 spiro atoms. The second-order valence-corrected chi connectivity index (χ2v) is 7.89. The van der Waals surface area contributed by atoms with E-state index in [1.54, 1.807) is 13.0 Å². The molecule has 2 aromatic rings. The van der Waals surface area contributed by atoms with Crippen molar-refractivity contribution in [2.45, 2.75) is 38.4 Å². The van der Waals surface area contributed by atoms with Crippen LogP contribution in [0.4, 0.5) is 0 Å². The number of carbonyl (C=O) groups is 2. The molecular formula is C24H27N3O2. The van der Waals surface area contributed by atoms with Crippen LogP contribution in [0.1, 0.15) is 41.3 Å². The molecule has 2 aliphatic heterocycles. The Balaban J connectivity index is 1.31. The number of carbonyl (C=O) groups excluding carboxylic acids is 2. The third kappa shape index (κ3) is 3.96. The Bertz CT molecular complexity index is 882. The molecule has 0 radical (unpaired) electrons. The minimum absolute atomic E-state index is 0.117. The molecule has 0 saturated carbocycles.